The first-order valence-electron chi connectivity index (χ1n) is 21.2. The standard InChI is InChI=1S/C44H56N10O4/c1-31-25-38-36(26-46-54(38)39-11-7-8-24-56-39)40(32(31)2)50-17-13-35-37(28-50)47-42(58-30-44(14-15-44)52-21-18-49(3)19-22-52)48-41(35)51-20-23-53(34(27-51)12-16-45)43(55)57-29-33-9-5-4-6-10-33/h4-6,9-10,25-26,34,39H,7-8,11-15,17-24,27-30H2,1-3H3/t34-,39?/m0/s1. The summed E-state index contributed by atoms with van der Waals surface area (Å²) in [5.74, 6) is 0.845. The average molecular weight is 789 g/mol. The van der Waals surface area contributed by atoms with Crippen LogP contribution in [0.1, 0.15) is 72.7 Å². The zero-order valence-electron chi connectivity index (χ0n) is 34.2. The van der Waals surface area contributed by atoms with E-state index < -0.39 is 6.09 Å². The van der Waals surface area contributed by atoms with Crippen LogP contribution >= 0.6 is 0 Å². The van der Waals surface area contributed by atoms with Crippen molar-refractivity contribution in [1.82, 2.24) is 34.4 Å². The van der Waals surface area contributed by atoms with Crippen LogP contribution in [0.2, 0.25) is 0 Å². The number of piperazine rings is 2. The Balaban J connectivity index is 1.01. The number of fused-ring (bicyclic) bond motifs is 2. The molecule has 1 unspecified atom stereocenters. The van der Waals surface area contributed by atoms with E-state index in [1.165, 1.54) is 16.8 Å². The predicted octanol–water partition coefficient (Wildman–Crippen LogP) is 5.60. The molecule has 3 saturated heterocycles. The fourth-order valence-corrected chi connectivity index (χ4v) is 9.41. The van der Waals surface area contributed by atoms with Gasteiger partial charge in [0.2, 0.25) is 0 Å². The summed E-state index contributed by atoms with van der Waals surface area (Å²) in [5.41, 5.74) is 7.77. The maximum absolute atomic E-state index is 13.4. The number of likely N-dealkylation sites (N-methyl/N-ethyl adjacent to an activating group) is 1. The third kappa shape index (κ3) is 7.67. The number of benzene rings is 2. The second kappa shape index (κ2) is 16.4. The summed E-state index contributed by atoms with van der Waals surface area (Å²) in [5, 5.41) is 15.9. The molecule has 5 aliphatic rings. The second-order valence-electron chi connectivity index (χ2n) is 16.9. The Kier molecular flexibility index (Phi) is 10.9. The molecule has 1 saturated carbocycles. The molecule has 6 heterocycles. The van der Waals surface area contributed by atoms with Crippen LogP contribution in [0, 0.1) is 25.2 Å². The van der Waals surface area contributed by atoms with Gasteiger partial charge in [-0.3, -0.25) is 4.90 Å². The number of rotatable bonds is 10. The van der Waals surface area contributed by atoms with Crippen LogP contribution in [0.25, 0.3) is 10.9 Å². The smallest absolute Gasteiger partial charge is 0.410 e. The number of nitriles is 1. The van der Waals surface area contributed by atoms with Crippen molar-refractivity contribution in [2.24, 2.45) is 0 Å². The summed E-state index contributed by atoms with van der Waals surface area (Å²) in [6, 6.07) is 14.3. The van der Waals surface area contributed by atoms with Crippen LogP contribution in [0.15, 0.2) is 42.6 Å². The van der Waals surface area contributed by atoms with Crippen molar-refractivity contribution in [3.63, 3.8) is 0 Å². The van der Waals surface area contributed by atoms with E-state index >= 15 is 0 Å². The molecule has 58 heavy (non-hydrogen) atoms. The minimum absolute atomic E-state index is 0.0306. The summed E-state index contributed by atoms with van der Waals surface area (Å²) in [4.78, 5) is 35.2. The number of hydrogen-bond acceptors (Lipinski definition) is 12. The summed E-state index contributed by atoms with van der Waals surface area (Å²) in [7, 11) is 2.19. The molecule has 2 atom stereocenters. The molecule has 2 aromatic carbocycles. The molecule has 0 radical (unpaired) electrons. The molecule has 1 amide bonds. The summed E-state index contributed by atoms with van der Waals surface area (Å²) in [6.07, 6.45) is 7.93. The van der Waals surface area contributed by atoms with Crippen molar-refractivity contribution in [3.8, 4) is 12.1 Å². The number of carbonyl (C=O) groups is 1. The van der Waals surface area contributed by atoms with Crippen LogP contribution in [-0.2, 0) is 29.0 Å². The van der Waals surface area contributed by atoms with E-state index in [2.05, 4.69) is 57.3 Å². The zero-order chi connectivity index (χ0) is 39.8. The van der Waals surface area contributed by atoms with Gasteiger partial charge in [-0.2, -0.15) is 20.3 Å². The molecule has 0 spiro atoms. The van der Waals surface area contributed by atoms with E-state index in [9.17, 15) is 10.1 Å². The lowest BCUT2D eigenvalue weighted by molar-refractivity contribution is -0.0366. The van der Waals surface area contributed by atoms with Gasteiger partial charge in [0.05, 0.1) is 53.7 Å². The lowest BCUT2D eigenvalue weighted by Gasteiger charge is -2.42. The van der Waals surface area contributed by atoms with Crippen molar-refractivity contribution < 1.29 is 19.0 Å². The van der Waals surface area contributed by atoms with Crippen molar-refractivity contribution in [2.75, 3.05) is 82.4 Å². The first kappa shape index (κ1) is 38.5. The van der Waals surface area contributed by atoms with E-state index in [-0.39, 0.29) is 30.8 Å². The number of nitrogens with zero attached hydrogens (tertiary/aromatic N) is 10. The first-order chi connectivity index (χ1) is 28.3. The predicted molar refractivity (Wildman–Crippen MR) is 221 cm³/mol. The molecule has 9 rings (SSSR count). The maximum atomic E-state index is 13.4. The van der Waals surface area contributed by atoms with E-state index in [0.717, 1.165) is 111 Å². The minimum Gasteiger partial charge on any atom is -0.461 e. The third-order valence-electron chi connectivity index (χ3n) is 13.2. The Bertz CT molecular complexity index is 2150. The molecule has 1 aliphatic carbocycles. The van der Waals surface area contributed by atoms with Gasteiger partial charge < -0.3 is 33.8 Å². The molecule has 14 nitrogen and oxygen atoms in total. The number of aromatic nitrogens is 4. The van der Waals surface area contributed by atoms with E-state index in [1.807, 2.05) is 36.5 Å². The first-order valence-corrected chi connectivity index (χ1v) is 21.2. The van der Waals surface area contributed by atoms with Crippen LogP contribution in [0.5, 0.6) is 6.01 Å². The monoisotopic (exact) mass is 788 g/mol. The molecule has 2 aromatic heterocycles. The Morgan fingerprint density at radius 3 is 2.60 bits per heavy atom. The summed E-state index contributed by atoms with van der Waals surface area (Å²) < 4.78 is 20.7. The van der Waals surface area contributed by atoms with Gasteiger partial charge in [-0.15, -0.1) is 0 Å². The fraction of sp³-hybridized carbons (Fsp3) is 0.568. The lowest BCUT2D eigenvalue weighted by Crippen LogP contribution is -2.56. The van der Waals surface area contributed by atoms with Crippen LogP contribution < -0.4 is 14.5 Å². The highest BCUT2D eigenvalue weighted by molar-refractivity contribution is 5.95. The van der Waals surface area contributed by atoms with E-state index in [4.69, 9.17) is 29.3 Å². The van der Waals surface area contributed by atoms with E-state index in [0.29, 0.717) is 38.8 Å². The topological polar surface area (TPSA) is 128 Å². The zero-order valence-corrected chi connectivity index (χ0v) is 34.2. The van der Waals surface area contributed by atoms with Gasteiger partial charge in [0.1, 0.15) is 19.0 Å². The number of amides is 1. The molecule has 306 valence electrons. The Morgan fingerprint density at radius 1 is 1.02 bits per heavy atom. The van der Waals surface area contributed by atoms with Gasteiger partial charge >= 0.3 is 12.1 Å². The fourth-order valence-electron chi connectivity index (χ4n) is 9.41. The van der Waals surface area contributed by atoms with Gasteiger partial charge in [0.15, 0.2) is 6.23 Å². The summed E-state index contributed by atoms with van der Waals surface area (Å²) >= 11 is 0. The molecule has 0 bridgehead atoms. The van der Waals surface area contributed by atoms with Gasteiger partial charge in [-0.1, -0.05) is 30.3 Å². The Hall–Kier alpha value is -4.97. The highest BCUT2D eigenvalue weighted by Crippen LogP contribution is 2.43. The molecule has 0 N–H and O–H groups in total. The molecule has 4 aromatic rings. The van der Waals surface area contributed by atoms with Crippen molar-refractivity contribution in [1.29, 1.82) is 5.26 Å². The number of anilines is 2. The quantitative estimate of drug-likeness (QED) is 0.198. The number of aryl methyl sites for hydroxylation is 1. The highest BCUT2D eigenvalue weighted by atomic mass is 16.6. The van der Waals surface area contributed by atoms with Gasteiger partial charge in [0.25, 0.3) is 0 Å². The number of ether oxygens (including phenoxy) is 3. The van der Waals surface area contributed by atoms with Crippen molar-refractivity contribution >= 4 is 28.5 Å². The van der Waals surface area contributed by atoms with Crippen molar-refractivity contribution in [2.45, 2.75) is 89.8 Å². The second-order valence-corrected chi connectivity index (χ2v) is 16.9. The molecule has 14 heteroatoms. The normalized spacial score (nSPS) is 22.4. The average Bonchev–Trinajstić information content (AvgIpc) is 3.94. The molecule has 4 fully saturated rings. The maximum Gasteiger partial charge on any atom is 0.410 e. The van der Waals surface area contributed by atoms with Crippen LogP contribution in [0.4, 0.5) is 16.3 Å². The van der Waals surface area contributed by atoms with Gasteiger partial charge in [-0.05, 0) is 82.2 Å². The Morgan fingerprint density at radius 2 is 1.84 bits per heavy atom. The Labute approximate surface area is 341 Å². The van der Waals surface area contributed by atoms with Crippen molar-refractivity contribution in [3.05, 3.63) is 70.5 Å². The van der Waals surface area contributed by atoms with Gasteiger partial charge in [-0.25, -0.2) is 9.48 Å². The van der Waals surface area contributed by atoms with Crippen LogP contribution in [-0.4, -0.2) is 125 Å². The number of carbonyl (C=O) groups excluding carboxylic acids is 1. The van der Waals surface area contributed by atoms with Gasteiger partial charge in [0, 0.05) is 69.9 Å². The molecule has 4 aliphatic heterocycles. The minimum atomic E-state index is -0.398. The molecular weight excluding hydrogens is 733 g/mol. The van der Waals surface area contributed by atoms with E-state index in [1.54, 1.807) is 4.90 Å². The summed E-state index contributed by atoms with van der Waals surface area (Å²) in [6.45, 7) is 12.9. The van der Waals surface area contributed by atoms with Crippen LogP contribution in [0.3, 0.4) is 0 Å². The largest absolute Gasteiger partial charge is 0.461 e. The SMILES string of the molecule is Cc1cc2c(cnn2C2CCCCO2)c(N2CCc3c(nc(OCC4(N5CCN(C)CC5)CC4)nc3N3CCN(C(=O)OCc4ccccc4)[C@@H](CC#N)C3)C2)c1C. The molecular formula is C44H56N10O4. The third-order valence-corrected chi connectivity index (χ3v) is 13.2. The lowest BCUT2D eigenvalue weighted by atomic mass is 9.99. The highest BCUT2D eigenvalue weighted by Gasteiger charge is 2.49. The number of hydrogen-bond donors (Lipinski definition) is 0.